The first-order valence-corrected chi connectivity index (χ1v) is 12.0. The molecule has 4 rings (SSSR count). The van der Waals surface area contributed by atoms with E-state index in [1.165, 1.54) is 0 Å². The molecule has 1 fully saturated rings. The summed E-state index contributed by atoms with van der Waals surface area (Å²) < 4.78 is 7.87. The van der Waals surface area contributed by atoms with Crippen LogP contribution in [0, 0.1) is 5.92 Å². The average molecular weight is 474 g/mol. The Balaban J connectivity index is 1.68. The van der Waals surface area contributed by atoms with Crippen molar-refractivity contribution in [2.75, 3.05) is 13.2 Å². The zero-order valence-electron chi connectivity index (χ0n) is 20.1. The molecule has 1 N–H and O–H groups in total. The molecule has 1 aromatic heterocycles. The first-order chi connectivity index (χ1) is 17.0. The van der Waals surface area contributed by atoms with Gasteiger partial charge in [0.2, 0.25) is 0 Å². The number of carbonyl (C=O) groups excluding carboxylic acids is 2. The van der Waals surface area contributed by atoms with Crippen LogP contribution < -0.4 is 4.74 Å². The molecular weight excluding hydrogens is 442 g/mol. The quantitative estimate of drug-likeness (QED) is 0.259. The van der Waals surface area contributed by atoms with Crippen molar-refractivity contribution in [1.82, 2.24) is 14.5 Å². The third-order valence-corrected chi connectivity index (χ3v) is 6.10. The summed E-state index contributed by atoms with van der Waals surface area (Å²) in [5, 5.41) is 11.1. The molecule has 0 saturated carbocycles. The fourth-order valence-electron chi connectivity index (χ4n) is 4.24. The zero-order valence-corrected chi connectivity index (χ0v) is 20.1. The molecule has 1 atom stereocenters. The molecule has 2 heterocycles. The highest BCUT2D eigenvalue weighted by Crippen LogP contribution is 2.40. The number of hydrogen-bond donors (Lipinski definition) is 1. The lowest BCUT2D eigenvalue weighted by Crippen LogP contribution is -2.31. The minimum atomic E-state index is -0.702. The molecule has 1 aliphatic rings. The molecule has 1 aliphatic heterocycles. The first-order valence-electron chi connectivity index (χ1n) is 12.0. The first kappa shape index (κ1) is 24.3. The summed E-state index contributed by atoms with van der Waals surface area (Å²) in [7, 11) is 0. The number of amides is 1. The van der Waals surface area contributed by atoms with Crippen LogP contribution in [0.2, 0.25) is 0 Å². The molecule has 0 radical (unpaired) electrons. The van der Waals surface area contributed by atoms with Crippen molar-refractivity contribution in [3.63, 3.8) is 0 Å². The van der Waals surface area contributed by atoms with E-state index in [-0.39, 0.29) is 11.3 Å². The number of rotatable bonds is 10. The van der Waals surface area contributed by atoms with Gasteiger partial charge in [-0.2, -0.15) is 0 Å². The second kappa shape index (κ2) is 11.0. The van der Waals surface area contributed by atoms with Crippen molar-refractivity contribution in [2.45, 2.75) is 39.3 Å². The van der Waals surface area contributed by atoms with Gasteiger partial charge in [0.15, 0.2) is 0 Å². The highest BCUT2D eigenvalue weighted by molar-refractivity contribution is 6.46. The number of carbonyl (C=O) groups is 2. The van der Waals surface area contributed by atoms with Gasteiger partial charge in [-0.25, -0.2) is 4.98 Å². The van der Waals surface area contributed by atoms with Gasteiger partial charge in [0.1, 0.15) is 11.5 Å². The number of aryl methyl sites for hydroxylation is 1. The monoisotopic (exact) mass is 473 g/mol. The van der Waals surface area contributed by atoms with E-state index in [9.17, 15) is 14.7 Å². The summed E-state index contributed by atoms with van der Waals surface area (Å²) >= 11 is 0. The van der Waals surface area contributed by atoms with Crippen molar-refractivity contribution in [1.29, 1.82) is 0 Å². The molecule has 7 nitrogen and oxygen atoms in total. The van der Waals surface area contributed by atoms with Crippen molar-refractivity contribution in [2.24, 2.45) is 5.92 Å². The van der Waals surface area contributed by atoms with Gasteiger partial charge in [-0.3, -0.25) is 9.59 Å². The topological polar surface area (TPSA) is 84.7 Å². The van der Waals surface area contributed by atoms with Crippen molar-refractivity contribution >= 4 is 17.4 Å². The fourth-order valence-corrected chi connectivity index (χ4v) is 4.24. The minimum absolute atomic E-state index is 0.100. The predicted molar refractivity (Wildman–Crippen MR) is 134 cm³/mol. The Hall–Kier alpha value is -3.87. The standard InChI is InChI=1S/C28H31N3O4/c1-20(2)12-17-35-23-11-6-10-22(18-23)25-24(26(32)21-8-4-3-5-9-21)27(33)28(34)31(25)15-7-14-30-16-13-29-19-30/h3-6,8-11,13,16,18-20,25,32H,7,12,14-15,17H2,1-2H3. The van der Waals surface area contributed by atoms with Gasteiger partial charge < -0.3 is 19.3 Å². The number of aliphatic hydroxyl groups excluding tert-OH is 1. The van der Waals surface area contributed by atoms with Gasteiger partial charge in [0.05, 0.1) is 24.5 Å². The number of benzene rings is 2. The van der Waals surface area contributed by atoms with E-state index in [1.807, 2.05) is 41.1 Å². The molecule has 3 aromatic rings. The summed E-state index contributed by atoms with van der Waals surface area (Å²) in [5.74, 6) is -0.259. The SMILES string of the molecule is CC(C)CCOc1cccc(C2C(=C(O)c3ccccc3)C(=O)C(=O)N2CCCn2ccnc2)c1. The second-order valence-corrected chi connectivity index (χ2v) is 9.12. The van der Waals surface area contributed by atoms with Gasteiger partial charge in [-0.15, -0.1) is 0 Å². The summed E-state index contributed by atoms with van der Waals surface area (Å²) in [5.41, 5.74) is 1.33. The maximum absolute atomic E-state index is 13.2. The van der Waals surface area contributed by atoms with Crippen LogP contribution in [0.5, 0.6) is 5.75 Å². The maximum Gasteiger partial charge on any atom is 0.295 e. The summed E-state index contributed by atoms with van der Waals surface area (Å²) in [6, 6.07) is 15.6. The molecule has 1 amide bonds. The van der Waals surface area contributed by atoms with Crippen LogP contribution in [-0.4, -0.2) is 44.4 Å². The molecule has 0 spiro atoms. The molecular formula is C28H31N3O4. The highest BCUT2D eigenvalue weighted by atomic mass is 16.5. The number of ether oxygens (including phenoxy) is 1. The fraction of sp³-hybridized carbons (Fsp3) is 0.321. The highest BCUT2D eigenvalue weighted by Gasteiger charge is 2.45. The van der Waals surface area contributed by atoms with Crippen molar-refractivity contribution in [3.05, 3.63) is 90.0 Å². The van der Waals surface area contributed by atoms with Gasteiger partial charge >= 0.3 is 0 Å². The number of likely N-dealkylation sites (tertiary alicyclic amines) is 1. The Labute approximate surface area is 205 Å². The maximum atomic E-state index is 13.2. The van der Waals surface area contributed by atoms with E-state index < -0.39 is 17.7 Å². The number of imidazole rings is 1. The molecule has 7 heteroatoms. The van der Waals surface area contributed by atoms with E-state index in [1.54, 1.807) is 41.7 Å². The van der Waals surface area contributed by atoms with Crippen LogP contribution in [0.15, 0.2) is 78.9 Å². The molecule has 182 valence electrons. The predicted octanol–water partition coefficient (Wildman–Crippen LogP) is 4.82. The number of ketones is 1. The van der Waals surface area contributed by atoms with E-state index in [0.29, 0.717) is 43.3 Å². The van der Waals surface area contributed by atoms with Crippen LogP contribution in [0.25, 0.3) is 5.76 Å². The van der Waals surface area contributed by atoms with Crippen LogP contribution in [0.4, 0.5) is 0 Å². The van der Waals surface area contributed by atoms with Crippen LogP contribution >= 0.6 is 0 Å². The average Bonchev–Trinajstić information content (AvgIpc) is 3.46. The van der Waals surface area contributed by atoms with Crippen molar-refractivity contribution in [3.8, 4) is 5.75 Å². The minimum Gasteiger partial charge on any atom is -0.507 e. The van der Waals surface area contributed by atoms with Gasteiger partial charge in [0, 0.05) is 31.0 Å². The number of aromatic nitrogens is 2. The van der Waals surface area contributed by atoms with E-state index in [0.717, 1.165) is 12.0 Å². The van der Waals surface area contributed by atoms with Gasteiger partial charge in [-0.1, -0.05) is 56.3 Å². The summed E-state index contributed by atoms with van der Waals surface area (Å²) in [6.45, 7) is 5.88. The lowest BCUT2D eigenvalue weighted by Gasteiger charge is -2.26. The Morgan fingerprint density at radius 3 is 2.60 bits per heavy atom. The number of hydrogen-bond acceptors (Lipinski definition) is 5. The Kier molecular flexibility index (Phi) is 7.65. The zero-order chi connectivity index (χ0) is 24.8. The summed E-state index contributed by atoms with van der Waals surface area (Å²) in [6.07, 6.45) is 6.84. The van der Waals surface area contributed by atoms with E-state index >= 15 is 0 Å². The largest absolute Gasteiger partial charge is 0.507 e. The second-order valence-electron chi connectivity index (χ2n) is 9.12. The third kappa shape index (κ3) is 5.62. The number of aliphatic hydroxyl groups is 1. The van der Waals surface area contributed by atoms with Crippen LogP contribution in [0.1, 0.15) is 43.9 Å². The Morgan fingerprint density at radius 2 is 1.89 bits per heavy atom. The molecule has 1 saturated heterocycles. The molecule has 0 bridgehead atoms. The van der Waals surface area contributed by atoms with Gasteiger partial charge in [0.25, 0.3) is 11.7 Å². The van der Waals surface area contributed by atoms with E-state index in [2.05, 4.69) is 18.8 Å². The molecule has 35 heavy (non-hydrogen) atoms. The number of Topliss-reactive ketones (excluding diaryl/α,β-unsaturated/α-hetero) is 1. The Morgan fingerprint density at radius 1 is 1.09 bits per heavy atom. The molecule has 1 unspecified atom stereocenters. The smallest absolute Gasteiger partial charge is 0.295 e. The Bertz CT molecular complexity index is 1190. The summed E-state index contributed by atoms with van der Waals surface area (Å²) in [4.78, 5) is 31.9. The molecule has 0 aliphatic carbocycles. The molecule has 2 aromatic carbocycles. The van der Waals surface area contributed by atoms with Crippen molar-refractivity contribution < 1.29 is 19.4 Å². The van der Waals surface area contributed by atoms with Crippen LogP contribution in [0.3, 0.4) is 0 Å². The third-order valence-electron chi connectivity index (χ3n) is 6.10. The lowest BCUT2D eigenvalue weighted by molar-refractivity contribution is -0.139. The van der Waals surface area contributed by atoms with Crippen LogP contribution in [-0.2, 0) is 16.1 Å². The van der Waals surface area contributed by atoms with Gasteiger partial charge in [-0.05, 0) is 36.5 Å². The number of nitrogens with zero attached hydrogens (tertiary/aromatic N) is 3. The lowest BCUT2D eigenvalue weighted by atomic mass is 9.95. The normalized spacial score (nSPS) is 17.3. The van der Waals surface area contributed by atoms with E-state index in [4.69, 9.17) is 4.74 Å².